The molecule has 2 atom stereocenters. The van der Waals surface area contributed by atoms with E-state index >= 15 is 0 Å². The van der Waals surface area contributed by atoms with Gasteiger partial charge in [-0.2, -0.15) is 0 Å². The number of nitrogens with one attached hydrogen (secondary N) is 1. The summed E-state index contributed by atoms with van der Waals surface area (Å²) in [7, 11) is 0. The molecule has 0 spiro atoms. The highest BCUT2D eigenvalue weighted by molar-refractivity contribution is 9.10. The highest BCUT2D eigenvalue weighted by atomic mass is 79.9. The fourth-order valence-electron chi connectivity index (χ4n) is 2.13. The van der Waals surface area contributed by atoms with Gasteiger partial charge in [0.1, 0.15) is 12.4 Å². The average molecular weight is 298 g/mol. The van der Waals surface area contributed by atoms with Gasteiger partial charge in [0.25, 0.3) is 0 Å². The van der Waals surface area contributed by atoms with Crippen LogP contribution in [0, 0.1) is 5.92 Å². The Morgan fingerprint density at radius 1 is 1.35 bits per heavy atom. The molecule has 1 saturated carbocycles. The lowest BCUT2D eigenvalue weighted by Gasteiger charge is -2.07. The molecular formula is C14H20BrNO. The van der Waals surface area contributed by atoms with Crippen LogP contribution in [0.4, 0.5) is 0 Å². The van der Waals surface area contributed by atoms with Crippen LogP contribution in [0.3, 0.4) is 0 Å². The number of ether oxygens (including phenoxy) is 1. The van der Waals surface area contributed by atoms with E-state index in [0.717, 1.165) is 35.3 Å². The Morgan fingerprint density at radius 2 is 2.12 bits per heavy atom. The molecule has 1 aliphatic carbocycles. The van der Waals surface area contributed by atoms with Crippen molar-refractivity contribution in [1.82, 2.24) is 5.32 Å². The summed E-state index contributed by atoms with van der Waals surface area (Å²) in [5.41, 5.74) is 0. The molecule has 0 aliphatic heterocycles. The summed E-state index contributed by atoms with van der Waals surface area (Å²) in [6, 6.07) is 8.73. The van der Waals surface area contributed by atoms with Gasteiger partial charge in [0.2, 0.25) is 0 Å². The summed E-state index contributed by atoms with van der Waals surface area (Å²) in [5.74, 6) is 1.86. The summed E-state index contributed by atoms with van der Waals surface area (Å²) in [6.07, 6.45) is 4.02. The maximum atomic E-state index is 5.65. The number of benzene rings is 1. The molecule has 1 fully saturated rings. The highest BCUT2D eigenvalue weighted by Crippen LogP contribution is 2.34. The second kappa shape index (κ2) is 6.41. The van der Waals surface area contributed by atoms with E-state index in [1.807, 2.05) is 24.3 Å². The van der Waals surface area contributed by atoms with E-state index in [9.17, 15) is 0 Å². The molecule has 0 heterocycles. The topological polar surface area (TPSA) is 21.3 Å². The summed E-state index contributed by atoms with van der Waals surface area (Å²) in [6.45, 7) is 3.95. The third-order valence-electron chi connectivity index (χ3n) is 3.17. The van der Waals surface area contributed by atoms with E-state index in [4.69, 9.17) is 4.74 Å². The Kier molecular flexibility index (Phi) is 4.86. The molecule has 17 heavy (non-hydrogen) atoms. The summed E-state index contributed by atoms with van der Waals surface area (Å²) in [5, 5.41) is 3.54. The molecule has 1 aromatic carbocycles. The molecule has 94 valence electrons. The second-order valence-corrected chi connectivity index (χ2v) is 5.56. The van der Waals surface area contributed by atoms with E-state index in [0.29, 0.717) is 0 Å². The first-order valence-electron chi connectivity index (χ1n) is 6.41. The van der Waals surface area contributed by atoms with E-state index in [2.05, 4.69) is 28.2 Å². The van der Waals surface area contributed by atoms with E-state index in [1.54, 1.807) is 0 Å². The second-order valence-electron chi connectivity index (χ2n) is 4.65. The minimum Gasteiger partial charge on any atom is -0.492 e. The molecule has 1 N–H and O–H groups in total. The Labute approximate surface area is 112 Å². The predicted molar refractivity (Wildman–Crippen MR) is 74.4 cm³/mol. The van der Waals surface area contributed by atoms with E-state index < -0.39 is 0 Å². The van der Waals surface area contributed by atoms with Crippen LogP contribution in [-0.2, 0) is 0 Å². The number of halogens is 1. The quantitative estimate of drug-likeness (QED) is 0.777. The van der Waals surface area contributed by atoms with E-state index in [1.165, 1.54) is 19.3 Å². The van der Waals surface area contributed by atoms with Crippen molar-refractivity contribution in [1.29, 1.82) is 0 Å². The predicted octanol–water partition coefficient (Wildman–Crippen LogP) is 3.61. The average Bonchev–Trinajstić information content (AvgIpc) is 3.06. The van der Waals surface area contributed by atoms with Crippen LogP contribution in [0.5, 0.6) is 5.75 Å². The zero-order valence-electron chi connectivity index (χ0n) is 10.3. The molecule has 2 nitrogen and oxygen atoms in total. The van der Waals surface area contributed by atoms with Crippen LogP contribution in [0.2, 0.25) is 0 Å². The van der Waals surface area contributed by atoms with Gasteiger partial charge in [-0.3, -0.25) is 0 Å². The van der Waals surface area contributed by atoms with Crippen molar-refractivity contribution in [2.45, 2.75) is 32.2 Å². The van der Waals surface area contributed by atoms with Crippen molar-refractivity contribution in [2.75, 3.05) is 13.2 Å². The first kappa shape index (κ1) is 12.9. The van der Waals surface area contributed by atoms with Crippen LogP contribution < -0.4 is 10.1 Å². The van der Waals surface area contributed by atoms with Crippen molar-refractivity contribution in [3.8, 4) is 5.75 Å². The molecule has 2 unspecified atom stereocenters. The van der Waals surface area contributed by atoms with Gasteiger partial charge in [-0.05, 0) is 43.0 Å². The highest BCUT2D eigenvalue weighted by Gasteiger charge is 2.34. The van der Waals surface area contributed by atoms with Crippen molar-refractivity contribution < 1.29 is 4.74 Å². The SMILES string of the molecule is CCCC1CC1NCCOc1ccc(Br)cc1. The number of hydrogen-bond donors (Lipinski definition) is 1. The third kappa shape index (κ3) is 4.32. The first-order chi connectivity index (χ1) is 8.29. The van der Waals surface area contributed by atoms with Crippen LogP contribution in [0.1, 0.15) is 26.2 Å². The van der Waals surface area contributed by atoms with Gasteiger partial charge < -0.3 is 10.1 Å². The van der Waals surface area contributed by atoms with Crippen molar-refractivity contribution in [3.05, 3.63) is 28.7 Å². The zero-order valence-corrected chi connectivity index (χ0v) is 11.9. The normalized spacial score (nSPS) is 22.5. The van der Waals surface area contributed by atoms with Gasteiger partial charge in [0.05, 0.1) is 0 Å². The van der Waals surface area contributed by atoms with Crippen molar-refractivity contribution in [2.24, 2.45) is 5.92 Å². The maximum Gasteiger partial charge on any atom is 0.119 e. The lowest BCUT2D eigenvalue weighted by Crippen LogP contribution is -2.24. The monoisotopic (exact) mass is 297 g/mol. The van der Waals surface area contributed by atoms with Crippen LogP contribution in [0.25, 0.3) is 0 Å². The van der Waals surface area contributed by atoms with Gasteiger partial charge in [0.15, 0.2) is 0 Å². The number of hydrogen-bond acceptors (Lipinski definition) is 2. The molecule has 0 amide bonds. The Balaban J connectivity index is 1.56. The minimum atomic E-state index is 0.747. The van der Waals surface area contributed by atoms with Crippen LogP contribution in [0.15, 0.2) is 28.7 Å². The van der Waals surface area contributed by atoms with Gasteiger partial charge in [-0.25, -0.2) is 0 Å². The Bertz CT molecular complexity index is 339. The summed E-state index contributed by atoms with van der Waals surface area (Å²) < 4.78 is 6.74. The zero-order chi connectivity index (χ0) is 12.1. The van der Waals surface area contributed by atoms with Gasteiger partial charge >= 0.3 is 0 Å². The Hall–Kier alpha value is -0.540. The molecule has 2 rings (SSSR count). The third-order valence-corrected chi connectivity index (χ3v) is 3.70. The largest absolute Gasteiger partial charge is 0.492 e. The number of rotatable bonds is 7. The Morgan fingerprint density at radius 3 is 2.82 bits per heavy atom. The standard InChI is InChI=1S/C14H20BrNO/c1-2-3-11-10-14(11)16-8-9-17-13-6-4-12(15)5-7-13/h4-7,11,14,16H,2-3,8-10H2,1H3. The van der Waals surface area contributed by atoms with Crippen molar-refractivity contribution >= 4 is 15.9 Å². The molecule has 0 bridgehead atoms. The lowest BCUT2D eigenvalue weighted by atomic mass is 10.2. The van der Waals surface area contributed by atoms with Crippen LogP contribution in [-0.4, -0.2) is 19.2 Å². The smallest absolute Gasteiger partial charge is 0.119 e. The van der Waals surface area contributed by atoms with Gasteiger partial charge in [0, 0.05) is 17.1 Å². The maximum absolute atomic E-state index is 5.65. The molecule has 1 aromatic rings. The first-order valence-corrected chi connectivity index (χ1v) is 7.20. The molecule has 0 saturated heterocycles. The van der Waals surface area contributed by atoms with Crippen molar-refractivity contribution in [3.63, 3.8) is 0 Å². The van der Waals surface area contributed by atoms with E-state index in [-0.39, 0.29) is 0 Å². The molecule has 3 heteroatoms. The molecular weight excluding hydrogens is 278 g/mol. The minimum absolute atomic E-state index is 0.747. The molecule has 0 radical (unpaired) electrons. The van der Waals surface area contributed by atoms with Crippen LogP contribution >= 0.6 is 15.9 Å². The summed E-state index contributed by atoms with van der Waals surface area (Å²) >= 11 is 3.41. The van der Waals surface area contributed by atoms with Gasteiger partial charge in [-0.1, -0.05) is 29.3 Å². The molecule has 1 aliphatic rings. The fourth-order valence-corrected chi connectivity index (χ4v) is 2.40. The summed E-state index contributed by atoms with van der Waals surface area (Å²) in [4.78, 5) is 0. The fraction of sp³-hybridized carbons (Fsp3) is 0.571. The molecule has 0 aromatic heterocycles. The van der Waals surface area contributed by atoms with Gasteiger partial charge in [-0.15, -0.1) is 0 Å². The lowest BCUT2D eigenvalue weighted by molar-refractivity contribution is 0.312.